The van der Waals surface area contributed by atoms with Crippen LogP contribution >= 0.6 is 0 Å². The number of rotatable bonds is 13. The van der Waals surface area contributed by atoms with Crippen LogP contribution in [0.15, 0.2) is 226 Å². The Morgan fingerprint density at radius 3 is 1.13 bits per heavy atom. The molecule has 1 spiro atoms. The summed E-state index contributed by atoms with van der Waals surface area (Å²) in [5.74, 6) is 19.7. The highest BCUT2D eigenvalue weighted by atomic mass is 19.4. The van der Waals surface area contributed by atoms with Gasteiger partial charge in [0, 0.05) is 94.2 Å². The van der Waals surface area contributed by atoms with Gasteiger partial charge in [-0.05, 0) is 301 Å². The summed E-state index contributed by atoms with van der Waals surface area (Å²) in [6.45, 7) is 36.4. The molecule has 5 fully saturated rings. The van der Waals surface area contributed by atoms with Crippen molar-refractivity contribution in [1.29, 1.82) is 0 Å². The highest BCUT2D eigenvalue weighted by molar-refractivity contribution is 5.59. The fourth-order valence-electron chi connectivity index (χ4n) is 17.3. The number of halogens is 3. The van der Waals surface area contributed by atoms with Crippen LogP contribution in [0.3, 0.4) is 0 Å². The van der Waals surface area contributed by atoms with E-state index >= 15 is 0 Å². The Bertz CT molecular complexity index is 7220. The van der Waals surface area contributed by atoms with Crippen LogP contribution in [0.2, 0.25) is 0 Å². The van der Waals surface area contributed by atoms with Gasteiger partial charge in [0.15, 0.2) is 58.2 Å². The molecular weight excluding hydrogens is 1910 g/mol. The number of aryl methyl sites for hydroxylation is 16. The summed E-state index contributed by atoms with van der Waals surface area (Å²) in [4.78, 5) is 57.8. The number of ether oxygens (including phenoxy) is 1. The Hall–Kier alpha value is -16.2. The number of benzene rings is 5. The second kappa shape index (κ2) is 51.2. The Labute approximate surface area is 860 Å². The van der Waals surface area contributed by atoms with Crippen LogP contribution in [0.5, 0.6) is 5.88 Å². The minimum absolute atomic E-state index is 0.0907. The summed E-state index contributed by atoms with van der Waals surface area (Å²) >= 11 is 0. The van der Waals surface area contributed by atoms with Crippen LogP contribution in [0.25, 0.3) is 85.9 Å². The molecule has 2 unspecified atom stereocenters. The van der Waals surface area contributed by atoms with Crippen molar-refractivity contribution in [1.82, 2.24) is 126 Å². The van der Waals surface area contributed by atoms with E-state index in [1.165, 1.54) is 126 Å². The molecule has 14 heterocycles. The number of imidazole rings is 1. The van der Waals surface area contributed by atoms with Gasteiger partial charge in [-0.2, -0.15) is 63.0 Å². The number of methoxy groups -OCH3 is 1. The number of alkyl halides is 3. The van der Waals surface area contributed by atoms with E-state index in [2.05, 4.69) is 161 Å². The van der Waals surface area contributed by atoms with E-state index in [1.54, 1.807) is 78.9 Å². The first-order chi connectivity index (χ1) is 71.6. The summed E-state index contributed by atoms with van der Waals surface area (Å²) in [5, 5.41) is 37.3. The van der Waals surface area contributed by atoms with Crippen molar-refractivity contribution < 1.29 is 67.6 Å². The van der Waals surface area contributed by atoms with Gasteiger partial charge in [0.25, 0.3) is 35.3 Å². The first-order valence-electron chi connectivity index (χ1n) is 49.4. The molecule has 24 rings (SSSR count). The largest absolute Gasteiger partial charge is 0.481 e. The van der Waals surface area contributed by atoms with Crippen molar-refractivity contribution in [2.75, 3.05) is 7.11 Å². The summed E-state index contributed by atoms with van der Waals surface area (Å²) in [7, 11) is 1.57. The average molecular weight is 2030 g/mol. The molecule has 2 atom stereocenters. The van der Waals surface area contributed by atoms with Gasteiger partial charge in [-0.15, -0.1) is 0 Å². The van der Waals surface area contributed by atoms with Gasteiger partial charge in [0.2, 0.25) is 35.3 Å². The highest BCUT2D eigenvalue weighted by Crippen LogP contribution is 2.63. The maximum Gasteiger partial charge on any atom is 0.416 e. The fraction of sp³-hybridized carbons (Fsp3) is 0.394. The smallest absolute Gasteiger partial charge is 0.416 e. The Morgan fingerprint density at radius 2 is 0.745 bits per heavy atom. The molecule has 37 nitrogen and oxygen atoms in total. The molecule has 0 saturated heterocycles. The van der Waals surface area contributed by atoms with E-state index in [1.807, 2.05) is 176 Å². The third kappa shape index (κ3) is 31.7. The number of nitrogens with zero attached hydrogens (tertiary/aromatic N) is 25. The van der Waals surface area contributed by atoms with Crippen molar-refractivity contribution in [3.63, 3.8) is 0 Å². The Kier molecular flexibility index (Phi) is 37.3. The normalized spacial score (nSPS) is 17.1. The van der Waals surface area contributed by atoms with Gasteiger partial charge in [0.1, 0.15) is 5.76 Å². The molecule has 5 aromatic carbocycles. The lowest BCUT2D eigenvalue weighted by molar-refractivity contribution is -0.138. The van der Waals surface area contributed by atoms with Crippen LogP contribution < -0.4 is 4.74 Å². The van der Waals surface area contributed by atoms with Crippen molar-refractivity contribution >= 4 is 0 Å². The molecule has 149 heavy (non-hydrogen) atoms. The third-order valence-electron chi connectivity index (χ3n) is 25.0. The number of hydrogen-bond acceptors (Lipinski definition) is 36. The van der Waals surface area contributed by atoms with Gasteiger partial charge in [0.05, 0.1) is 35.8 Å². The molecule has 0 radical (unpaired) electrons. The molecule has 0 amide bonds. The molecule has 5 saturated carbocycles. The summed E-state index contributed by atoms with van der Waals surface area (Å²) in [5.41, 5.74) is 11.6. The maximum absolute atomic E-state index is 12.7. The highest BCUT2D eigenvalue weighted by Gasteiger charge is 2.53. The zero-order valence-electron chi connectivity index (χ0n) is 87.4. The molecule has 14 aromatic heterocycles. The van der Waals surface area contributed by atoms with Gasteiger partial charge < -0.3 is 59.0 Å². The van der Waals surface area contributed by atoms with E-state index in [0.29, 0.717) is 105 Å². The molecular formula is C109H124F3N25O12. The van der Waals surface area contributed by atoms with E-state index < -0.39 is 11.7 Å². The zero-order chi connectivity index (χ0) is 106. The first kappa shape index (κ1) is 109. The lowest BCUT2D eigenvalue weighted by Gasteiger charge is -2.56. The van der Waals surface area contributed by atoms with Crippen molar-refractivity contribution in [3.05, 3.63) is 298 Å². The zero-order valence-corrected chi connectivity index (χ0v) is 87.4. The van der Waals surface area contributed by atoms with Gasteiger partial charge in [-0.3, -0.25) is 4.98 Å². The molecule has 0 aliphatic heterocycles. The number of hydrogen-bond donors (Lipinski definition) is 0. The molecule has 0 bridgehead atoms. The molecule has 5 aliphatic carbocycles. The standard InChI is InChI=1S/C12H10N4O.C12H13NO.C11H9F3N2O.C11H16N2O.2C10H10N2O.C9H9N3O2.2C9H14N2O.C8H7N3O.C8H12N2O/c1-9-14-12(17-15-9)10-2-4-11(5-3-10)16-7-6-13-8-16;1-8-4-6-11(7-5-8)12-13-9(2)10(3)14-12;1-6-3-4-8(5-9(6)11(12,13)14)10-15-7(2)16-17-10;1-7-3-11(4-7)5-9(6-11)10-12-8(2)13-14-10;1-7-3-5-9(6-4-7)10-11-8(2)12-13-10;1-7-4-3-5-9(6-7)10-11-8(2)12-13-10;1-6-11-9(14-12-6)7-3-4-8(13-2)10-5-7;1-6-3-4-8(5-6)9-10-7(2)11-12-9;1-7-10-9(12-11-7)8-5-3-2-4-6-8;1-6-10-8(12-11-6)7-3-2-4-9-5-7;1-5-3-7(4-5)8-9-6(2)10-11-8/h2-8H,1H3;4-7H,1-3H3;3-5H,1-2H3;7,9H,3-6H2,1-2H3;2*3-6H,1-2H3;3-5H,1-2H3;6,8H,3-5H2,1-2H3;8H,2-6H2,1H3;2-5H,1H3;5,7H,3-4H2,1-2H3. The van der Waals surface area contributed by atoms with Crippen molar-refractivity contribution in [2.24, 2.45) is 23.2 Å². The predicted molar refractivity (Wildman–Crippen MR) is 543 cm³/mol. The van der Waals surface area contributed by atoms with Crippen molar-refractivity contribution in [3.8, 4) is 91.7 Å². The van der Waals surface area contributed by atoms with E-state index in [4.69, 9.17) is 54.4 Å². The quantitative estimate of drug-likeness (QED) is 0.103. The third-order valence-corrected chi connectivity index (χ3v) is 25.0. The topological polar surface area (TPSA) is 468 Å². The van der Waals surface area contributed by atoms with Crippen molar-refractivity contribution in [2.45, 2.75) is 251 Å². The Balaban J connectivity index is 0.000000129. The van der Waals surface area contributed by atoms with Crippen LogP contribution in [0.1, 0.15) is 255 Å². The Morgan fingerprint density at radius 1 is 0.336 bits per heavy atom. The molecule has 778 valence electrons. The van der Waals surface area contributed by atoms with E-state index in [0.717, 1.165) is 121 Å². The SMILES string of the molecule is COc1ccc(-c2nc(C)no2)cn1.Cc1ccc(-c2nc(C)c(C)o2)cc1.Cc1ccc(-c2nc(C)no2)cc1.Cc1cccc(-c2nc(C)no2)c1.Cc1noc(-c2ccc(-n3ccnc3)cc2)n1.Cc1noc(-c2ccc(C)c(C(F)(F)F)c2)n1.Cc1noc(-c2cccnc2)n1.Cc1noc(C2CC(C)C2)n1.Cc1noc(C2CC3(CC(C)C3)C2)n1.Cc1noc(C2CCC(C)C2)n1.Cc1noc(C2CCCCC2)n1. The molecule has 19 aromatic rings. The maximum atomic E-state index is 12.7. The molecule has 5 aliphatic rings. The summed E-state index contributed by atoms with van der Waals surface area (Å²) in [6.07, 6.45) is 24.0. The minimum Gasteiger partial charge on any atom is -0.481 e. The van der Waals surface area contributed by atoms with Gasteiger partial charge in [-0.1, -0.05) is 151 Å². The lowest BCUT2D eigenvalue weighted by atomic mass is 9.48. The number of oxazole rings is 1. The number of pyridine rings is 2. The predicted octanol–water partition coefficient (Wildman–Crippen LogP) is 25.7. The fourth-order valence-corrected chi connectivity index (χ4v) is 17.3. The van der Waals surface area contributed by atoms with Crippen LogP contribution in [-0.4, -0.2) is 133 Å². The molecule has 0 N–H and O–H groups in total. The minimum atomic E-state index is -4.38. The average Bonchev–Trinajstić information content (AvgIpc) is 1.73. The van der Waals surface area contributed by atoms with Gasteiger partial charge >= 0.3 is 6.18 Å². The number of aromatic nitrogens is 25. The lowest BCUT2D eigenvalue weighted by Crippen LogP contribution is -2.45. The van der Waals surface area contributed by atoms with Crippen LogP contribution in [0, 0.1) is 134 Å². The summed E-state index contributed by atoms with van der Waals surface area (Å²) < 4.78 is 101. The van der Waals surface area contributed by atoms with Crippen LogP contribution in [0.4, 0.5) is 13.2 Å². The first-order valence-corrected chi connectivity index (χ1v) is 49.4. The molecule has 40 heteroatoms. The second-order valence-electron chi connectivity index (χ2n) is 38.1. The van der Waals surface area contributed by atoms with E-state index in [9.17, 15) is 13.2 Å². The summed E-state index contributed by atoms with van der Waals surface area (Å²) in [6, 6.07) is 43.2. The van der Waals surface area contributed by atoms with Crippen LogP contribution in [-0.2, 0) is 6.18 Å². The monoisotopic (exact) mass is 2030 g/mol. The van der Waals surface area contributed by atoms with E-state index in [-0.39, 0.29) is 17.0 Å². The second-order valence-corrected chi connectivity index (χ2v) is 38.1. The van der Waals surface area contributed by atoms with Gasteiger partial charge in [-0.25, -0.2) is 15.0 Å².